The molecule has 0 aromatic rings. The Hall–Kier alpha value is -0.610. The Bertz CT molecular complexity index is 153. The van der Waals surface area contributed by atoms with E-state index in [-0.39, 0.29) is 5.91 Å². The van der Waals surface area contributed by atoms with Gasteiger partial charge in [0, 0.05) is 26.1 Å². The molecule has 12 heavy (non-hydrogen) atoms. The van der Waals surface area contributed by atoms with Crippen molar-refractivity contribution in [1.29, 1.82) is 0 Å². The van der Waals surface area contributed by atoms with Crippen LogP contribution in [0.2, 0.25) is 0 Å². The second-order valence-electron chi connectivity index (χ2n) is 3.10. The van der Waals surface area contributed by atoms with E-state index < -0.39 is 0 Å². The number of rotatable bonds is 2. The van der Waals surface area contributed by atoms with Crippen LogP contribution in [0.25, 0.3) is 0 Å². The zero-order chi connectivity index (χ0) is 8.97. The molecule has 1 heterocycles. The number of nitrogens with one attached hydrogen (secondary N) is 1. The van der Waals surface area contributed by atoms with Crippen LogP contribution in [-0.4, -0.2) is 37.0 Å². The second kappa shape index (κ2) is 4.42. The molecule has 4 nitrogen and oxygen atoms in total. The number of carbonyl (C=O) groups is 1. The van der Waals surface area contributed by atoms with Gasteiger partial charge >= 0.3 is 0 Å². The molecule has 1 saturated heterocycles. The van der Waals surface area contributed by atoms with Gasteiger partial charge in [-0.05, 0) is 12.8 Å². The van der Waals surface area contributed by atoms with Crippen molar-refractivity contribution < 1.29 is 9.63 Å². The fourth-order valence-corrected chi connectivity index (χ4v) is 1.48. The summed E-state index contributed by atoms with van der Waals surface area (Å²) < 4.78 is 0. The molecule has 0 aliphatic carbocycles. The lowest BCUT2D eigenvalue weighted by Gasteiger charge is -2.30. The number of carbonyl (C=O) groups excluding carboxylic acids is 1. The lowest BCUT2D eigenvalue weighted by molar-refractivity contribution is -0.130. The van der Waals surface area contributed by atoms with Crippen LogP contribution in [-0.2, 0) is 9.63 Å². The Labute approximate surface area is 72.8 Å². The van der Waals surface area contributed by atoms with E-state index in [0.717, 1.165) is 25.9 Å². The molecule has 1 fully saturated rings. The summed E-state index contributed by atoms with van der Waals surface area (Å²) in [5, 5.41) is 0. The van der Waals surface area contributed by atoms with Crippen LogP contribution < -0.4 is 5.48 Å². The summed E-state index contributed by atoms with van der Waals surface area (Å²) in [6, 6.07) is 0.408. The Kier molecular flexibility index (Phi) is 3.49. The maximum Gasteiger partial charge on any atom is 0.219 e. The molecule has 1 aliphatic rings. The summed E-state index contributed by atoms with van der Waals surface area (Å²) >= 11 is 0. The molecule has 0 unspecified atom stereocenters. The molecular weight excluding hydrogens is 156 g/mol. The first kappa shape index (κ1) is 9.48. The van der Waals surface area contributed by atoms with Crippen molar-refractivity contribution >= 4 is 5.91 Å². The number of likely N-dealkylation sites (tertiary alicyclic amines) is 1. The van der Waals surface area contributed by atoms with Crippen molar-refractivity contribution in [3.05, 3.63) is 0 Å². The van der Waals surface area contributed by atoms with Gasteiger partial charge in [0.05, 0.1) is 7.11 Å². The van der Waals surface area contributed by atoms with Crippen LogP contribution in [0.3, 0.4) is 0 Å². The summed E-state index contributed by atoms with van der Waals surface area (Å²) in [5.41, 5.74) is 2.91. The Morgan fingerprint density at radius 3 is 2.50 bits per heavy atom. The number of amides is 1. The van der Waals surface area contributed by atoms with E-state index in [9.17, 15) is 4.79 Å². The summed E-state index contributed by atoms with van der Waals surface area (Å²) in [4.78, 5) is 17.6. The molecule has 1 N–H and O–H groups in total. The van der Waals surface area contributed by atoms with Crippen molar-refractivity contribution in [3.8, 4) is 0 Å². The van der Waals surface area contributed by atoms with E-state index in [0.29, 0.717) is 6.04 Å². The third-order valence-corrected chi connectivity index (χ3v) is 2.22. The van der Waals surface area contributed by atoms with Crippen molar-refractivity contribution in [2.24, 2.45) is 0 Å². The standard InChI is InChI=1S/C8H16N2O2/c1-7(11)10-5-3-8(4-6-10)9-12-2/h8-9H,3-6H2,1-2H3. The Morgan fingerprint density at radius 1 is 1.50 bits per heavy atom. The molecule has 1 rings (SSSR count). The van der Waals surface area contributed by atoms with Gasteiger partial charge in [0.1, 0.15) is 0 Å². The zero-order valence-electron chi connectivity index (χ0n) is 7.67. The van der Waals surface area contributed by atoms with Gasteiger partial charge < -0.3 is 9.74 Å². The number of piperidine rings is 1. The number of hydrogen-bond donors (Lipinski definition) is 1. The van der Waals surface area contributed by atoms with Gasteiger partial charge in [0.25, 0.3) is 0 Å². The summed E-state index contributed by atoms with van der Waals surface area (Å²) in [7, 11) is 1.62. The minimum absolute atomic E-state index is 0.172. The molecule has 0 aromatic heterocycles. The third kappa shape index (κ3) is 2.46. The van der Waals surface area contributed by atoms with Crippen LogP contribution in [0.5, 0.6) is 0 Å². The lowest BCUT2D eigenvalue weighted by Crippen LogP contribution is -2.43. The minimum Gasteiger partial charge on any atom is -0.343 e. The molecule has 1 amide bonds. The average Bonchev–Trinajstić information content (AvgIpc) is 2.06. The zero-order valence-corrected chi connectivity index (χ0v) is 7.67. The van der Waals surface area contributed by atoms with E-state index in [2.05, 4.69) is 5.48 Å². The molecular formula is C8H16N2O2. The van der Waals surface area contributed by atoms with E-state index in [1.54, 1.807) is 14.0 Å². The third-order valence-electron chi connectivity index (χ3n) is 2.22. The first-order valence-corrected chi connectivity index (χ1v) is 4.28. The van der Waals surface area contributed by atoms with Gasteiger partial charge in [0.2, 0.25) is 5.91 Å². The minimum atomic E-state index is 0.172. The highest BCUT2D eigenvalue weighted by molar-refractivity contribution is 5.73. The predicted octanol–water partition coefficient (Wildman–Crippen LogP) is 0.148. The molecule has 0 radical (unpaired) electrons. The van der Waals surface area contributed by atoms with Gasteiger partial charge in [-0.2, -0.15) is 5.48 Å². The first-order valence-electron chi connectivity index (χ1n) is 4.28. The highest BCUT2D eigenvalue weighted by Gasteiger charge is 2.19. The number of nitrogens with zero attached hydrogens (tertiary/aromatic N) is 1. The topological polar surface area (TPSA) is 41.6 Å². The monoisotopic (exact) mass is 172 g/mol. The maximum atomic E-state index is 10.9. The fraction of sp³-hybridized carbons (Fsp3) is 0.875. The van der Waals surface area contributed by atoms with Gasteiger partial charge in [-0.25, -0.2) is 0 Å². The average molecular weight is 172 g/mol. The van der Waals surface area contributed by atoms with Gasteiger partial charge in [0.15, 0.2) is 0 Å². The smallest absolute Gasteiger partial charge is 0.219 e. The van der Waals surface area contributed by atoms with Crippen molar-refractivity contribution in [1.82, 2.24) is 10.4 Å². The highest BCUT2D eigenvalue weighted by atomic mass is 16.6. The fourth-order valence-electron chi connectivity index (χ4n) is 1.48. The van der Waals surface area contributed by atoms with Crippen LogP contribution >= 0.6 is 0 Å². The quantitative estimate of drug-likeness (QED) is 0.603. The van der Waals surface area contributed by atoms with Gasteiger partial charge in [-0.1, -0.05) is 0 Å². The Balaban J connectivity index is 2.25. The van der Waals surface area contributed by atoms with Crippen molar-refractivity contribution in [3.63, 3.8) is 0 Å². The maximum absolute atomic E-state index is 10.9. The summed E-state index contributed by atoms with van der Waals surface area (Å²) in [6.45, 7) is 3.30. The highest BCUT2D eigenvalue weighted by Crippen LogP contribution is 2.09. The molecule has 1 aliphatic heterocycles. The SMILES string of the molecule is CONC1CCN(C(C)=O)CC1. The molecule has 70 valence electrons. The summed E-state index contributed by atoms with van der Waals surface area (Å²) in [5.74, 6) is 0.172. The predicted molar refractivity (Wildman–Crippen MR) is 45.4 cm³/mol. The van der Waals surface area contributed by atoms with Crippen LogP contribution in [0, 0.1) is 0 Å². The first-order chi connectivity index (χ1) is 5.74. The Morgan fingerprint density at radius 2 is 2.08 bits per heavy atom. The largest absolute Gasteiger partial charge is 0.343 e. The van der Waals surface area contributed by atoms with Gasteiger partial charge in [-0.15, -0.1) is 0 Å². The number of hydrogen-bond acceptors (Lipinski definition) is 3. The van der Waals surface area contributed by atoms with E-state index in [1.807, 2.05) is 4.90 Å². The molecule has 0 bridgehead atoms. The van der Waals surface area contributed by atoms with Crippen LogP contribution in [0.1, 0.15) is 19.8 Å². The van der Waals surface area contributed by atoms with Gasteiger partial charge in [-0.3, -0.25) is 4.79 Å². The lowest BCUT2D eigenvalue weighted by atomic mass is 10.1. The molecule has 0 spiro atoms. The normalized spacial score (nSPS) is 19.7. The molecule has 4 heteroatoms. The van der Waals surface area contributed by atoms with Crippen LogP contribution in [0.4, 0.5) is 0 Å². The van der Waals surface area contributed by atoms with Crippen LogP contribution in [0.15, 0.2) is 0 Å². The van der Waals surface area contributed by atoms with Crippen molar-refractivity contribution in [2.45, 2.75) is 25.8 Å². The van der Waals surface area contributed by atoms with E-state index in [1.165, 1.54) is 0 Å². The van der Waals surface area contributed by atoms with E-state index >= 15 is 0 Å². The molecule has 0 atom stereocenters. The summed E-state index contributed by atoms with van der Waals surface area (Å²) in [6.07, 6.45) is 1.96. The second-order valence-corrected chi connectivity index (χ2v) is 3.10. The van der Waals surface area contributed by atoms with Crippen molar-refractivity contribution in [2.75, 3.05) is 20.2 Å². The molecule has 0 aromatic carbocycles. The molecule has 0 saturated carbocycles. The van der Waals surface area contributed by atoms with E-state index in [4.69, 9.17) is 4.84 Å². The number of hydroxylamine groups is 1.